The lowest BCUT2D eigenvalue weighted by atomic mass is 9.53. The Balaban J connectivity index is 1.35. The molecular weight excluding hydrogens is 288 g/mol. The minimum absolute atomic E-state index is 0.0718. The van der Waals surface area contributed by atoms with Gasteiger partial charge < -0.3 is 10.6 Å². The van der Waals surface area contributed by atoms with Crippen molar-refractivity contribution in [2.75, 3.05) is 0 Å². The third-order valence-electron chi connectivity index (χ3n) is 6.46. The lowest BCUT2D eigenvalue weighted by Crippen LogP contribution is -2.60. The van der Waals surface area contributed by atoms with Crippen LogP contribution >= 0.6 is 0 Å². The lowest BCUT2D eigenvalue weighted by Gasteiger charge is -2.57. The van der Waals surface area contributed by atoms with Crippen molar-refractivity contribution in [2.24, 2.45) is 23.7 Å². The van der Waals surface area contributed by atoms with Crippen molar-refractivity contribution < 1.29 is 9.59 Å². The largest absolute Gasteiger partial charge is 0.351 e. The van der Waals surface area contributed by atoms with Crippen LogP contribution in [0.3, 0.4) is 0 Å². The van der Waals surface area contributed by atoms with Gasteiger partial charge in [0.05, 0.1) is 0 Å². The van der Waals surface area contributed by atoms with E-state index >= 15 is 0 Å². The molecule has 2 N–H and O–H groups in total. The van der Waals surface area contributed by atoms with Crippen molar-refractivity contribution in [2.45, 2.75) is 82.7 Å². The predicted molar refractivity (Wildman–Crippen MR) is 88.6 cm³/mol. The van der Waals surface area contributed by atoms with Gasteiger partial charge in [0.2, 0.25) is 11.8 Å². The van der Waals surface area contributed by atoms with Gasteiger partial charge in [0.1, 0.15) is 0 Å². The minimum atomic E-state index is -0.452. The molecular formula is C19H30N2O2. The molecule has 0 aliphatic heterocycles. The zero-order valence-electron chi connectivity index (χ0n) is 14.5. The van der Waals surface area contributed by atoms with E-state index in [4.69, 9.17) is 0 Å². The van der Waals surface area contributed by atoms with Crippen LogP contribution in [0.5, 0.6) is 0 Å². The van der Waals surface area contributed by atoms with Crippen LogP contribution in [0.15, 0.2) is 0 Å². The first-order chi connectivity index (χ1) is 10.8. The molecule has 0 spiro atoms. The maximum Gasteiger partial charge on any atom is 0.223 e. The smallest absolute Gasteiger partial charge is 0.223 e. The molecule has 5 aliphatic carbocycles. The van der Waals surface area contributed by atoms with Gasteiger partial charge in [0.25, 0.3) is 0 Å². The van der Waals surface area contributed by atoms with Crippen LogP contribution in [0.1, 0.15) is 71.6 Å². The number of rotatable bonds is 5. The molecule has 2 amide bonds. The van der Waals surface area contributed by atoms with Crippen molar-refractivity contribution in [1.29, 1.82) is 0 Å². The molecule has 0 unspecified atom stereocenters. The lowest BCUT2D eigenvalue weighted by molar-refractivity contribution is -0.129. The number of carbonyl (C=O) groups excluding carboxylic acids is 2. The molecule has 23 heavy (non-hydrogen) atoms. The van der Waals surface area contributed by atoms with Gasteiger partial charge in [-0.2, -0.15) is 0 Å². The van der Waals surface area contributed by atoms with Crippen LogP contribution in [0, 0.1) is 23.7 Å². The molecule has 4 nitrogen and oxygen atoms in total. The van der Waals surface area contributed by atoms with Gasteiger partial charge in [-0.25, -0.2) is 0 Å². The molecule has 4 heteroatoms. The fourth-order valence-corrected chi connectivity index (χ4v) is 5.83. The van der Waals surface area contributed by atoms with Crippen LogP contribution in [0.4, 0.5) is 0 Å². The predicted octanol–water partition coefficient (Wildman–Crippen LogP) is 2.77. The summed E-state index contributed by atoms with van der Waals surface area (Å²) in [5, 5.41) is 6.47. The summed E-state index contributed by atoms with van der Waals surface area (Å²) in [5.41, 5.74) is -0.380. The Morgan fingerprint density at radius 1 is 1.00 bits per heavy atom. The summed E-state index contributed by atoms with van der Waals surface area (Å²) in [4.78, 5) is 24.6. The van der Waals surface area contributed by atoms with E-state index in [1.807, 2.05) is 13.8 Å². The van der Waals surface area contributed by atoms with Crippen LogP contribution in [-0.2, 0) is 9.59 Å². The van der Waals surface area contributed by atoms with Crippen molar-refractivity contribution in [3.05, 3.63) is 0 Å². The monoisotopic (exact) mass is 318 g/mol. The van der Waals surface area contributed by atoms with Crippen molar-refractivity contribution in [1.82, 2.24) is 10.6 Å². The van der Waals surface area contributed by atoms with Crippen molar-refractivity contribution in [3.8, 4) is 0 Å². The highest BCUT2D eigenvalue weighted by Crippen LogP contribution is 2.55. The average Bonchev–Trinajstić information content (AvgIpc) is 3.17. The van der Waals surface area contributed by atoms with Gasteiger partial charge in [0, 0.05) is 23.4 Å². The summed E-state index contributed by atoms with van der Waals surface area (Å²) < 4.78 is 0. The van der Waals surface area contributed by atoms with Gasteiger partial charge in [-0.3, -0.25) is 9.59 Å². The summed E-state index contributed by atoms with van der Waals surface area (Å²) in [6.07, 6.45) is 10.1. The molecule has 5 rings (SSSR count). The van der Waals surface area contributed by atoms with E-state index < -0.39 is 5.54 Å². The Hall–Kier alpha value is -1.06. The Bertz CT molecular complexity index is 486. The highest BCUT2D eigenvalue weighted by Gasteiger charge is 2.51. The molecule has 5 aliphatic rings. The molecule has 5 fully saturated rings. The first-order valence-corrected chi connectivity index (χ1v) is 9.46. The molecule has 0 aromatic heterocycles. The summed E-state index contributed by atoms with van der Waals surface area (Å²) in [7, 11) is 0. The number of nitrogens with one attached hydrogen (secondary N) is 2. The van der Waals surface area contributed by atoms with Crippen LogP contribution in [0.2, 0.25) is 0 Å². The molecule has 0 radical (unpaired) electrons. The highest BCUT2D eigenvalue weighted by molar-refractivity contribution is 5.83. The maximum absolute atomic E-state index is 12.6. The van der Waals surface area contributed by atoms with Crippen molar-refractivity contribution in [3.63, 3.8) is 0 Å². The van der Waals surface area contributed by atoms with E-state index in [9.17, 15) is 9.59 Å². The topological polar surface area (TPSA) is 58.2 Å². The zero-order chi connectivity index (χ0) is 16.2. The third-order valence-corrected chi connectivity index (χ3v) is 6.46. The summed E-state index contributed by atoms with van der Waals surface area (Å²) >= 11 is 0. The van der Waals surface area contributed by atoms with Gasteiger partial charge in [-0.15, -0.1) is 0 Å². The molecule has 4 bridgehead atoms. The first kappa shape index (κ1) is 15.5. The van der Waals surface area contributed by atoms with Crippen LogP contribution < -0.4 is 10.6 Å². The van der Waals surface area contributed by atoms with E-state index in [2.05, 4.69) is 10.6 Å². The third kappa shape index (κ3) is 3.27. The first-order valence-electron chi connectivity index (χ1n) is 9.46. The molecule has 0 saturated heterocycles. The number of hydrogen-bond acceptors (Lipinski definition) is 2. The second-order valence-corrected chi connectivity index (χ2v) is 9.57. The molecule has 5 saturated carbocycles. The van der Waals surface area contributed by atoms with E-state index in [0.29, 0.717) is 6.42 Å². The number of amides is 2. The van der Waals surface area contributed by atoms with Crippen molar-refractivity contribution >= 4 is 11.8 Å². The van der Waals surface area contributed by atoms with Crippen LogP contribution in [-0.4, -0.2) is 22.9 Å². The number of hydrogen-bond donors (Lipinski definition) is 2. The number of carbonyl (C=O) groups is 2. The fraction of sp³-hybridized carbons (Fsp3) is 0.895. The van der Waals surface area contributed by atoms with Gasteiger partial charge in [-0.1, -0.05) is 0 Å². The average molecular weight is 318 g/mol. The molecule has 128 valence electrons. The summed E-state index contributed by atoms with van der Waals surface area (Å²) in [5.74, 6) is 2.95. The molecule has 0 aromatic rings. The SMILES string of the molecule is CC(C)(CC(=O)NC12CC3CC(CC(C3)C1)C2)NC(=O)C1CC1. The standard InChI is InChI=1S/C19H30N2O2/c1-18(2,21-17(23)15-3-4-15)11-16(22)20-19-8-12-5-13(9-19)7-14(6-12)10-19/h12-15H,3-11H2,1-2H3,(H,20,22)(H,21,23). The maximum atomic E-state index is 12.6. The Morgan fingerprint density at radius 3 is 2.00 bits per heavy atom. The minimum Gasteiger partial charge on any atom is -0.351 e. The molecule has 0 atom stereocenters. The fourth-order valence-electron chi connectivity index (χ4n) is 5.83. The normalized spacial score (nSPS) is 38.4. The van der Waals surface area contributed by atoms with Gasteiger partial charge in [0.15, 0.2) is 0 Å². The van der Waals surface area contributed by atoms with Crippen LogP contribution in [0.25, 0.3) is 0 Å². The quantitative estimate of drug-likeness (QED) is 0.819. The zero-order valence-corrected chi connectivity index (χ0v) is 14.5. The summed E-state index contributed by atoms with van der Waals surface area (Å²) in [6, 6.07) is 0. The van der Waals surface area contributed by atoms with Gasteiger partial charge in [-0.05, 0) is 83.0 Å². The van der Waals surface area contributed by atoms with E-state index in [1.165, 1.54) is 38.5 Å². The Kier molecular flexibility index (Phi) is 3.51. The second kappa shape index (κ2) is 5.22. The van der Waals surface area contributed by atoms with E-state index in [1.54, 1.807) is 0 Å². The molecule has 0 heterocycles. The molecule has 0 aromatic carbocycles. The highest BCUT2D eigenvalue weighted by atomic mass is 16.2. The van der Waals surface area contributed by atoms with Gasteiger partial charge >= 0.3 is 0 Å². The second-order valence-electron chi connectivity index (χ2n) is 9.57. The summed E-state index contributed by atoms with van der Waals surface area (Å²) in [6.45, 7) is 3.93. The Morgan fingerprint density at radius 2 is 1.52 bits per heavy atom. The van der Waals surface area contributed by atoms with E-state index in [-0.39, 0.29) is 23.3 Å². The van der Waals surface area contributed by atoms with E-state index in [0.717, 1.165) is 30.6 Å². The Labute approximate surface area is 139 Å².